The standard InChI is InChI=1S/C9H15N3/c1-12-5-4-9(11-12)8(10)6-7-2-3-7/h4-5,7-8H,2-3,6,10H2,1H3. The van der Waals surface area contributed by atoms with Crippen molar-refractivity contribution in [3.8, 4) is 0 Å². The van der Waals surface area contributed by atoms with Crippen LogP contribution in [0.2, 0.25) is 0 Å². The predicted molar refractivity (Wildman–Crippen MR) is 47.5 cm³/mol. The van der Waals surface area contributed by atoms with Crippen LogP contribution in [-0.4, -0.2) is 9.78 Å². The molecule has 1 aliphatic rings. The number of nitrogens with two attached hydrogens (primary N) is 1. The molecular weight excluding hydrogens is 150 g/mol. The Hall–Kier alpha value is -0.830. The van der Waals surface area contributed by atoms with Gasteiger partial charge in [-0.25, -0.2) is 0 Å². The second-order valence-electron chi connectivity index (χ2n) is 3.70. The zero-order valence-electron chi connectivity index (χ0n) is 7.40. The molecule has 1 aliphatic carbocycles. The van der Waals surface area contributed by atoms with E-state index in [1.165, 1.54) is 12.8 Å². The summed E-state index contributed by atoms with van der Waals surface area (Å²) in [6.45, 7) is 0. The maximum Gasteiger partial charge on any atom is 0.0791 e. The van der Waals surface area contributed by atoms with Gasteiger partial charge in [0, 0.05) is 19.3 Å². The van der Waals surface area contributed by atoms with E-state index in [0.29, 0.717) is 0 Å². The zero-order chi connectivity index (χ0) is 8.55. The van der Waals surface area contributed by atoms with Crippen LogP contribution >= 0.6 is 0 Å². The number of aryl methyl sites for hydroxylation is 1. The van der Waals surface area contributed by atoms with E-state index in [2.05, 4.69) is 5.10 Å². The topological polar surface area (TPSA) is 43.8 Å². The van der Waals surface area contributed by atoms with Gasteiger partial charge in [-0.1, -0.05) is 12.8 Å². The van der Waals surface area contributed by atoms with Crippen LogP contribution in [0.3, 0.4) is 0 Å². The van der Waals surface area contributed by atoms with Crippen LogP contribution in [0.4, 0.5) is 0 Å². The molecule has 0 aromatic carbocycles. The molecule has 0 saturated heterocycles. The molecule has 0 aliphatic heterocycles. The summed E-state index contributed by atoms with van der Waals surface area (Å²) in [5, 5.41) is 4.28. The average molecular weight is 165 g/mol. The second-order valence-corrected chi connectivity index (χ2v) is 3.70. The summed E-state index contributed by atoms with van der Waals surface area (Å²) in [5.41, 5.74) is 7.01. The van der Waals surface area contributed by atoms with Crippen molar-refractivity contribution in [2.75, 3.05) is 0 Å². The molecule has 1 unspecified atom stereocenters. The molecule has 2 N–H and O–H groups in total. The maximum absolute atomic E-state index is 5.97. The fraction of sp³-hybridized carbons (Fsp3) is 0.667. The zero-order valence-corrected chi connectivity index (χ0v) is 7.40. The molecular formula is C9H15N3. The molecule has 3 heteroatoms. The number of rotatable bonds is 3. The van der Waals surface area contributed by atoms with E-state index in [0.717, 1.165) is 18.0 Å². The van der Waals surface area contributed by atoms with Gasteiger partial charge in [-0.15, -0.1) is 0 Å². The molecule has 0 spiro atoms. The first-order chi connectivity index (χ1) is 5.75. The molecule has 2 rings (SSSR count). The van der Waals surface area contributed by atoms with Crippen LogP contribution in [-0.2, 0) is 7.05 Å². The molecule has 0 bridgehead atoms. The van der Waals surface area contributed by atoms with Crippen molar-refractivity contribution in [3.63, 3.8) is 0 Å². The Bertz CT molecular complexity index is 262. The lowest BCUT2D eigenvalue weighted by atomic mass is 10.1. The van der Waals surface area contributed by atoms with Gasteiger partial charge in [-0.3, -0.25) is 4.68 Å². The van der Waals surface area contributed by atoms with Crippen LogP contribution in [0.25, 0.3) is 0 Å². The van der Waals surface area contributed by atoms with Crippen molar-refractivity contribution >= 4 is 0 Å². The number of aromatic nitrogens is 2. The minimum Gasteiger partial charge on any atom is -0.323 e. The monoisotopic (exact) mass is 165 g/mol. The molecule has 1 heterocycles. The molecule has 1 saturated carbocycles. The Morgan fingerprint density at radius 2 is 2.50 bits per heavy atom. The van der Waals surface area contributed by atoms with Gasteiger partial charge in [0.25, 0.3) is 0 Å². The van der Waals surface area contributed by atoms with E-state index < -0.39 is 0 Å². The van der Waals surface area contributed by atoms with Gasteiger partial charge in [0.1, 0.15) is 0 Å². The Labute approximate surface area is 72.6 Å². The molecule has 1 atom stereocenters. The van der Waals surface area contributed by atoms with Crippen molar-refractivity contribution in [1.82, 2.24) is 9.78 Å². The van der Waals surface area contributed by atoms with E-state index in [1.54, 1.807) is 0 Å². The molecule has 1 aromatic rings. The van der Waals surface area contributed by atoms with E-state index in [9.17, 15) is 0 Å². The number of hydrogen-bond donors (Lipinski definition) is 1. The van der Waals surface area contributed by atoms with Crippen LogP contribution in [0.15, 0.2) is 12.3 Å². The van der Waals surface area contributed by atoms with Crippen LogP contribution in [0.1, 0.15) is 31.0 Å². The summed E-state index contributed by atoms with van der Waals surface area (Å²) in [7, 11) is 1.92. The highest BCUT2D eigenvalue weighted by atomic mass is 15.3. The first-order valence-corrected chi connectivity index (χ1v) is 4.51. The van der Waals surface area contributed by atoms with Gasteiger partial charge in [-0.05, 0) is 18.4 Å². The Morgan fingerprint density at radius 1 is 1.75 bits per heavy atom. The molecule has 66 valence electrons. The molecule has 0 radical (unpaired) electrons. The third kappa shape index (κ3) is 1.67. The quantitative estimate of drug-likeness (QED) is 0.731. The predicted octanol–water partition coefficient (Wildman–Crippen LogP) is 1.22. The number of hydrogen-bond acceptors (Lipinski definition) is 2. The Morgan fingerprint density at radius 3 is 3.00 bits per heavy atom. The van der Waals surface area contributed by atoms with Crippen LogP contribution in [0, 0.1) is 5.92 Å². The molecule has 1 aromatic heterocycles. The van der Waals surface area contributed by atoms with Crippen LogP contribution < -0.4 is 5.73 Å². The number of nitrogens with zero attached hydrogens (tertiary/aromatic N) is 2. The molecule has 0 amide bonds. The van der Waals surface area contributed by atoms with E-state index in [1.807, 2.05) is 24.0 Å². The van der Waals surface area contributed by atoms with Gasteiger partial charge >= 0.3 is 0 Å². The maximum atomic E-state index is 5.97. The van der Waals surface area contributed by atoms with E-state index in [4.69, 9.17) is 5.73 Å². The average Bonchev–Trinajstić information content (AvgIpc) is 2.72. The lowest BCUT2D eigenvalue weighted by Crippen LogP contribution is -2.12. The van der Waals surface area contributed by atoms with Gasteiger partial charge in [0.2, 0.25) is 0 Å². The highest BCUT2D eigenvalue weighted by molar-refractivity contribution is 5.05. The summed E-state index contributed by atoms with van der Waals surface area (Å²) < 4.78 is 1.81. The lowest BCUT2D eigenvalue weighted by Gasteiger charge is -2.06. The van der Waals surface area contributed by atoms with Crippen molar-refractivity contribution in [1.29, 1.82) is 0 Å². The highest BCUT2D eigenvalue weighted by Crippen LogP contribution is 2.36. The fourth-order valence-electron chi connectivity index (χ4n) is 1.46. The van der Waals surface area contributed by atoms with Gasteiger partial charge in [-0.2, -0.15) is 5.10 Å². The Kier molecular flexibility index (Phi) is 1.89. The summed E-state index contributed by atoms with van der Waals surface area (Å²) >= 11 is 0. The van der Waals surface area contributed by atoms with Crippen molar-refractivity contribution < 1.29 is 0 Å². The second kappa shape index (κ2) is 2.90. The summed E-state index contributed by atoms with van der Waals surface area (Å²) in [6.07, 6.45) is 5.78. The lowest BCUT2D eigenvalue weighted by molar-refractivity contribution is 0.572. The van der Waals surface area contributed by atoms with Crippen molar-refractivity contribution in [2.24, 2.45) is 18.7 Å². The minimum absolute atomic E-state index is 0.152. The van der Waals surface area contributed by atoms with Gasteiger partial charge in [0.05, 0.1) is 5.69 Å². The van der Waals surface area contributed by atoms with Crippen molar-refractivity contribution in [3.05, 3.63) is 18.0 Å². The van der Waals surface area contributed by atoms with Crippen molar-refractivity contribution in [2.45, 2.75) is 25.3 Å². The third-order valence-corrected chi connectivity index (χ3v) is 2.40. The summed E-state index contributed by atoms with van der Waals surface area (Å²) in [5.74, 6) is 0.877. The summed E-state index contributed by atoms with van der Waals surface area (Å²) in [4.78, 5) is 0. The Balaban J connectivity index is 1.97. The SMILES string of the molecule is Cn1ccc(C(N)CC2CC2)n1. The van der Waals surface area contributed by atoms with Gasteiger partial charge in [0.15, 0.2) is 0 Å². The third-order valence-electron chi connectivity index (χ3n) is 2.40. The van der Waals surface area contributed by atoms with E-state index in [-0.39, 0.29) is 6.04 Å². The normalized spacial score (nSPS) is 19.5. The minimum atomic E-state index is 0.152. The van der Waals surface area contributed by atoms with E-state index >= 15 is 0 Å². The van der Waals surface area contributed by atoms with Crippen LogP contribution in [0.5, 0.6) is 0 Å². The smallest absolute Gasteiger partial charge is 0.0791 e. The molecule has 1 fully saturated rings. The molecule has 12 heavy (non-hydrogen) atoms. The fourth-order valence-corrected chi connectivity index (χ4v) is 1.46. The highest BCUT2D eigenvalue weighted by Gasteiger charge is 2.25. The molecule has 3 nitrogen and oxygen atoms in total. The largest absolute Gasteiger partial charge is 0.323 e. The first kappa shape index (κ1) is 7.80. The first-order valence-electron chi connectivity index (χ1n) is 4.51. The van der Waals surface area contributed by atoms with Gasteiger partial charge < -0.3 is 5.73 Å². The summed E-state index contributed by atoms with van der Waals surface area (Å²) in [6, 6.07) is 2.16.